The van der Waals surface area contributed by atoms with Crippen LogP contribution < -0.4 is 14.8 Å². The van der Waals surface area contributed by atoms with Crippen LogP contribution in [0, 0.1) is 0 Å². The molecule has 1 aliphatic heterocycles. The molecule has 2 aromatic rings. The molecule has 0 bridgehead atoms. The predicted molar refractivity (Wildman–Crippen MR) is 103 cm³/mol. The highest BCUT2D eigenvalue weighted by molar-refractivity contribution is 7.99. The first kappa shape index (κ1) is 18.5. The quantitative estimate of drug-likeness (QED) is 0.783. The molecule has 0 radical (unpaired) electrons. The maximum atomic E-state index is 12.3. The standard InChI is InChI=1S/C17H19N3O4S2/c1-26(22,23)20-14-4-2-3-13(9-14)19-17(21)12-5-6-16(18-10-12)24-15-7-8-25-11-15/h2-6,9-10,15,20H,7-8,11H2,1H3,(H,19,21)/t15-/m1/s1. The van der Waals surface area contributed by atoms with Gasteiger partial charge in [0.15, 0.2) is 0 Å². The van der Waals surface area contributed by atoms with Crippen LogP contribution in [0.5, 0.6) is 5.88 Å². The topological polar surface area (TPSA) is 97.4 Å². The van der Waals surface area contributed by atoms with Gasteiger partial charge in [0.1, 0.15) is 6.10 Å². The number of nitrogens with zero attached hydrogens (tertiary/aromatic N) is 1. The largest absolute Gasteiger partial charge is 0.473 e. The first-order valence-corrected chi connectivity index (χ1v) is 11.0. The van der Waals surface area contributed by atoms with Gasteiger partial charge in [0, 0.05) is 23.7 Å². The van der Waals surface area contributed by atoms with E-state index in [1.165, 1.54) is 6.20 Å². The van der Waals surface area contributed by atoms with Crippen molar-refractivity contribution in [2.24, 2.45) is 0 Å². The van der Waals surface area contributed by atoms with Crippen molar-refractivity contribution < 1.29 is 17.9 Å². The fourth-order valence-corrected chi connectivity index (χ4v) is 4.09. The fraction of sp³-hybridized carbons (Fsp3) is 0.294. The molecule has 9 heteroatoms. The third-order valence-electron chi connectivity index (χ3n) is 3.60. The monoisotopic (exact) mass is 393 g/mol. The average Bonchev–Trinajstić information content (AvgIpc) is 3.07. The summed E-state index contributed by atoms with van der Waals surface area (Å²) in [7, 11) is -3.38. The number of rotatable bonds is 6. The molecule has 1 saturated heterocycles. The molecule has 0 saturated carbocycles. The molecule has 26 heavy (non-hydrogen) atoms. The number of ether oxygens (including phenoxy) is 1. The van der Waals surface area contributed by atoms with Crippen LogP contribution in [0.15, 0.2) is 42.6 Å². The summed E-state index contributed by atoms with van der Waals surface area (Å²) in [5.74, 6) is 2.23. The zero-order valence-electron chi connectivity index (χ0n) is 14.1. The Morgan fingerprint density at radius 2 is 2.08 bits per heavy atom. The number of nitrogens with one attached hydrogen (secondary N) is 2. The summed E-state index contributed by atoms with van der Waals surface area (Å²) in [5, 5.41) is 2.72. The Kier molecular flexibility index (Phi) is 5.67. The van der Waals surface area contributed by atoms with Crippen LogP contribution in [-0.4, -0.2) is 43.2 Å². The molecule has 0 unspecified atom stereocenters. The number of thioether (sulfide) groups is 1. The maximum absolute atomic E-state index is 12.3. The molecule has 2 heterocycles. The number of amides is 1. The zero-order valence-corrected chi connectivity index (χ0v) is 15.8. The van der Waals surface area contributed by atoms with E-state index >= 15 is 0 Å². The van der Waals surface area contributed by atoms with E-state index < -0.39 is 10.0 Å². The van der Waals surface area contributed by atoms with E-state index in [0.717, 1.165) is 24.2 Å². The Labute approximate surface area is 156 Å². The fourth-order valence-electron chi connectivity index (χ4n) is 2.44. The van der Waals surface area contributed by atoms with Gasteiger partial charge < -0.3 is 10.1 Å². The molecule has 2 N–H and O–H groups in total. The van der Waals surface area contributed by atoms with E-state index in [0.29, 0.717) is 22.8 Å². The van der Waals surface area contributed by atoms with E-state index in [1.807, 2.05) is 11.8 Å². The summed E-state index contributed by atoms with van der Waals surface area (Å²) in [5.41, 5.74) is 1.24. The summed E-state index contributed by atoms with van der Waals surface area (Å²) in [4.78, 5) is 16.5. The lowest BCUT2D eigenvalue weighted by Gasteiger charge is -2.12. The zero-order chi connectivity index (χ0) is 18.6. The molecule has 0 spiro atoms. The number of anilines is 2. The van der Waals surface area contributed by atoms with Gasteiger partial charge in [0.25, 0.3) is 5.91 Å². The lowest BCUT2D eigenvalue weighted by molar-refractivity contribution is 0.102. The maximum Gasteiger partial charge on any atom is 0.257 e. The van der Waals surface area contributed by atoms with Crippen molar-refractivity contribution in [1.82, 2.24) is 4.98 Å². The van der Waals surface area contributed by atoms with Crippen LogP contribution in [0.2, 0.25) is 0 Å². The van der Waals surface area contributed by atoms with Gasteiger partial charge in [-0.1, -0.05) is 6.07 Å². The molecule has 7 nitrogen and oxygen atoms in total. The number of sulfonamides is 1. The van der Waals surface area contributed by atoms with Crippen LogP contribution in [0.1, 0.15) is 16.8 Å². The molecule has 1 amide bonds. The molecule has 1 fully saturated rings. The summed E-state index contributed by atoms with van der Waals surface area (Å²) in [6.07, 6.45) is 3.72. The van der Waals surface area contributed by atoms with Crippen molar-refractivity contribution in [3.8, 4) is 5.88 Å². The Morgan fingerprint density at radius 3 is 2.73 bits per heavy atom. The Bertz CT molecular complexity index is 879. The van der Waals surface area contributed by atoms with Crippen molar-refractivity contribution in [3.05, 3.63) is 48.2 Å². The van der Waals surface area contributed by atoms with Crippen molar-refractivity contribution >= 4 is 39.1 Å². The van der Waals surface area contributed by atoms with Crippen LogP contribution in [0.4, 0.5) is 11.4 Å². The van der Waals surface area contributed by atoms with Crippen LogP contribution >= 0.6 is 11.8 Å². The summed E-state index contributed by atoms with van der Waals surface area (Å²) < 4.78 is 30.7. The highest BCUT2D eigenvalue weighted by atomic mass is 32.2. The van der Waals surface area contributed by atoms with Gasteiger partial charge in [-0.15, -0.1) is 0 Å². The van der Waals surface area contributed by atoms with Crippen LogP contribution in [-0.2, 0) is 10.0 Å². The van der Waals surface area contributed by atoms with E-state index in [2.05, 4.69) is 15.0 Å². The van der Waals surface area contributed by atoms with Gasteiger partial charge >= 0.3 is 0 Å². The van der Waals surface area contributed by atoms with E-state index in [9.17, 15) is 13.2 Å². The molecule has 1 aliphatic rings. The number of benzene rings is 1. The number of carbonyl (C=O) groups is 1. The van der Waals surface area contributed by atoms with Gasteiger partial charge in [-0.05, 0) is 36.4 Å². The van der Waals surface area contributed by atoms with E-state index in [1.54, 1.807) is 36.4 Å². The van der Waals surface area contributed by atoms with Gasteiger partial charge in [-0.25, -0.2) is 13.4 Å². The van der Waals surface area contributed by atoms with Crippen molar-refractivity contribution in [1.29, 1.82) is 0 Å². The normalized spacial score (nSPS) is 16.9. The Morgan fingerprint density at radius 1 is 1.27 bits per heavy atom. The number of pyridine rings is 1. The highest BCUT2D eigenvalue weighted by Crippen LogP contribution is 2.22. The SMILES string of the molecule is CS(=O)(=O)Nc1cccc(NC(=O)c2ccc(O[C@@H]3CCSC3)nc2)c1. The summed E-state index contributed by atoms with van der Waals surface area (Å²) >= 11 is 1.86. The molecule has 3 rings (SSSR count). The van der Waals surface area contributed by atoms with Crippen LogP contribution in [0.25, 0.3) is 0 Å². The molecule has 0 aliphatic carbocycles. The minimum absolute atomic E-state index is 0.178. The second-order valence-corrected chi connectivity index (χ2v) is 8.80. The number of carbonyl (C=O) groups excluding carboxylic acids is 1. The van der Waals surface area contributed by atoms with Gasteiger partial charge in [-0.3, -0.25) is 9.52 Å². The summed E-state index contributed by atoms with van der Waals surface area (Å²) in [6.45, 7) is 0. The van der Waals surface area contributed by atoms with Crippen LogP contribution in [0.3, 0.4) is 0 Å². The number of hydrogen-bond donors (Lipinski definition) is 2. The second-order valence-electron chi connectivity index (χ2n) is 5.90. The van der Waals surface area contributed by atoms with E-state index in [-0.39, 0.29) is 12.0 Å². The molecule has 1 aromatic heterocycles. The molecular formula is C17H19N3O4S2. The lowest BCUT2D eigenvalue weighted by Crippen LogP contribution is -2.16. The van der Waals surface area contributed by atoms with Gasteiger partial charge in [0.05, 0.1) is 17.5 Å². The Hall–Kier alpha value is -2.26. The van der Waals surface area contributed by atoms with E-state index in [4.69, 9.17) is 4.74 Å². The average molecular weight is 393 g/mol. The van der Waals surface area contributed by atoms with Gasteiger partial charge in [-0.2, -0.15) is 11.8 Å². The lowest BCUT2D eigenvalue weighted by atomic mass is 10.2. The summed E-state index contributed by atoms with van der Waals surface area (Å²) in [6, 6.07) is 9.80. The minimum atomic E-state index is -3.38. The number of hydrogen-bond acceptors (Lipinski definition) is 6. The molecular weight excluding hydrogens is 374 g/mol. The smallest absolute Gasteiger partial charge is 0.257 e. The second kappa shape index (κ2) is 7.96. The minimum Gasteiger partial charge on any atom is -0.473 e. The van der Waals surface area contributed by atoms with Crippen molar-refractivity contribution in [2.45, 2.75) is 12.5 Å². The van der Waals surface area contributed by atoms with Crippen molar-refractivity contribution in [3.63, 3.8) is 0 Å². The van der Waals surface area contributed by atoms with Crippen molar-refractivity contribution in [2.75, 3.05) is 27.8 Å². The highest BCUT2D eigenvalue weighted by Gasteiger charge is 2.17. The third kappa shape index (κ3) is 5.37. The predicted octanol–water partition coefficient (Wildman–Crippen LogP) is 2.59. The molecule has 1 aromatic carbocycles. The van der Waals surface area contributed by atoms with Gasteiger partial charge in [0.2, 0.25) is 15.9 Å². The first-order chi connectivity index (χ1) is 12.4. The third-order valence-corrected chi connectivity index (χ3v) is 5.34. The molecule has 1 atom stereocenters. The Balaban J connectivity index is 1.63. The molecule has 138 valence electrons. The first-order valence-electron chi connectivity index (χ1n) is 7.99. The number of aromatic nitrogens is 1.